The summed E-state index contributed by atoms with van der Waals surface area (Å²) in [5, 5.41) is 0. The van der Waals surface area contributed by atoms with Gasteiger partial charge in [-0.2, -0.15) is 0 Å². The molecule has 0 N–H and O–H groups in total. The van der Waals surface area contributed by atoms with Gasteiger partial charge in [0.05, 0.1) is 18.3 Å². The highest BCUT2D eigenvalue weighted by atomic mass is 14.7. The molecule has 0 heteroatoms. The third-order valence-corrected chi connectivity index (χ3v) is 6.30. The van der Waals surface area contributed by atoms with E-state index in [2.05, 4.69) is 27.7 Å². The largest absolute Gasteiger partial charge is 0.106 e. The number of rotatable bonds is 1. The van der Waals surface area contributed by atoms with Gasteiger partial charge in [-0.25, -0.2) is 0 Å². The van der Waals surface area contributed by atoms with Crippen LogP contribution in [0.2, 0.25) is 0 Å². The van der Waals surface area contributed by atoms with Crippen molar-refractivity contribution < 1.29 is 0 Å². The van der Waals surface area contributed by atoms with Crippen LogP contribution in [0.5, 0.6) is 0 Å². The van der Waals surface area contributed by atoms with E-state index in [1.807, 2.05) is 5.92 Å². The Morgan fingerprint density at radius 3 is 2.47 bits per heavy atom. The molecular weight excluding hydrogens is 180 g/mol. The maximum absolute atomic E-state index is 2.60. The monoisotopic (exact) mass is 205 g/mol. The van der Waals surface area contributed by atoms with E-state index in [1.165, 1.54) is 32.1 Å². The molecule has 0 aromatic rings. The van der Waals surface area contributed by atoms with Gasteiger partial charge in [0.25, 0.3) is 0 Å². The number of hydrogen-bond donors (Lipinski definition) is 0. The lowest BCUT2D eigenvalue weighted by molar-refractivity contribution is 0.0644. The second-order valence-electron chi connectivity index (χ2n) is 7.24. The van der Waals surface area contributed by atoms with E-state index < -0.39 is 0 Å². The third-order valence-electron chi connectivity index (χ3n) is 6.30. The van der Waals surface area contributed by atoms with E-state index in [4.69, 9.17) is 0 Å². The molecule has 4 bridgehead atoms. The Kier molecular flexibility index (Phi) is 1.85. The fourth-order valence-electron chi connectivity index (χ4n) is 5.32. The summed E-state index contributed by atoms with van der Waals surface area (Å²) in [5.74, 6) is 4.77. The Morgan fingerprint density at radius 2 is 1.87 bits per heavy atom. The molecule has 0 amide bonds. The highest BCUT2D eigenvalue weighted by molar-refractivity contribution is 5.23. The molecule has 0 saturated heterocycles. The molecule has 0 aromatic carbocycles. The maximum atomic E-state index is 2.60. The van der Waals surface area contributed by atoms with Crippen LogP contribution in [0.15, 0.2) is 0 Å². The van der Waals surface area contributed by atoms with E-state index in [9.17, 15) is 0 Å². The lowest BCUT2D eigenvalue weighted by Gasteiger charge is -2.39. The van der Waals surface area contributed by atoms with Crippen LogP contribution in [0.4, 0.5) is 0 Å². The van der Waals surface area contributed by atoms with E-state index >= 15 is 0 Å². The van der Waals surface area contributed by atoms with E-state index in [0.717, 1.165) is 17.8 Å². The van der Waals surface area contributed by atoms with Gasteiger partial charge in [0.2, 0.25) is 0 Å². The summed E-state index contributed by atoms with van der Waals surface area (Å²) in [6.45, 7) is 10.00. The van der Waals surface area contributed by atoms with Crippen molar-refractivity contribution in [1.82, 2.24) is 0 Å². The zero-order valence-corrected chi connectivity index (χ0v) is 10.8. The standard InChI is InChI=1S/C15H25/c1-10(2)11-9-13-14(3)6-5-12(11)15(13,4)8-7-14/h10,12-13H,5-9H2,1-4H3/q+1/t12-,13-,14-,15-/m0/s1. The van der Waals surface area contributed by atoms with Gasteiger partial charge in [-0.05, 0) is 44.9 Å². The Hall–Kier alpha value is -0.130. The summed E-state index contributed by atoms with van der Waals surface area (Å²) in [4.78, 5) is 0. The van der Waals surface area contributed by atoms with Crippen LogP contribution in [0, 0.1) is 34.5 Å². The maximum Gasteiger partial charge on any atom is 0.106 e. The van der Waals surface area contributed by atoms with Crippen LogP contribution in [0.1, 0.15) is 59.8 Å². The molecule has 0 radical (unpaired) electrons. The fraction of sp³-hybridized carbons (Fsp3) is 0.933. The van der Waals surface area contributed by atoms with E-state index in [-0.39, 0.29) is 0 Å². The molecule has 4 atom stereocenters. The Bertz CT molecular complexity index is 280. The smallest absolute Gasteiger partial charge is 0.0592 e. The minimum Gasteiger partial charge on any atom is -0.0592 e. The van der Waals surface area contributed by atoms with Crippen molar-refractivity contribution >= 4 is 0 Å². The van der Waals surface area contributed by atoms with Gasteiger partial charge in [0.15, 0.2) is 0 Å². The molecule has 0 unspecified atom stereocenters. The first-order valence-corrected chi connectivity index (χ1v) is 6.83. The summed E-state index contributed by atoms with van der Waals surface area (Å²) in [6.07, 6.45) is 7.49. The van der Waals surface area contributed by atoms with Gasteiger partial charge in [0, 0.05) is 11.3 Å². The van der Waals surface area contributed by atoms with Gasteiger partial charge < -0.3 is 0 Å². The van der Waals surface area contributed by atoms with Crippen molar-refractivity contribution in [2.75, 3.05) is 0 Å². The van der Waals surface area contributed by atoms with Gasteiger partial charge in [-0.15, -0.1) is 0 Å². The van der Waals surface area contributed by atoms with Crippen molar-refractivity contribution in [2.24, 2.45) is 28.6 Å². The molecule has 3 rings (SSSR count). The molecule has 3 fully saturated rings. The predicted molar refractivity (Wildman–Crippen MR) is 64.4 cm³/mol. The van der Waals surface area contributed by atoms with E-state index in [0.29, 0.717) is 10.8 Å². The molecule has 0 aliphatic heterocycles. The molecule has 0 nitrogen and oxygen atoms in total. The van der Waals surface area contributed by atoms with Crippen LogP contribution in [-0.4, -0.2) is 0 Å². The first kappa shape index (κ1) is 10.1. The highest BCUT2D eigenvalue weighted by Crippen LogP contribution is 2.73. The summed E-state index contributed by atoms with van der Waals surface area (Å²) < 4.78 is 0. The zero-order valence-electron chi connectivity index (χ0n) is 10.8. The predicted octanol–water partition coefficient (Wildman–Crippen LogP) is 4.45. The highest BCUT2D eigenvalue weighted by Gasteiger charge is 2.70. The molecule has 3 aliphatic rings. The first-order chi connectivity index (χ1) is 6.97. The van der Waals surface area contributed by atoms with Crippen molar-refractivity contribution in [3.05, 3.63) is 5.92 Å². The topological polar surface area (TPSA) is 0 Å². The quantitative estimate of drug-likeness (QED) is 0.555. The normalized spacial score (nSPS) is 53.0. The second-order valence-corrected chi connectivity index (χ2v) is 7.24. The van der Waals surface area contributed by atoms with Gasteiger partial charge >= 0.3 is 0 Å². The second kappa shape index (κ2) is 2.76. The molecule has 0 aromatic heterocycles. The molecule has 84 valence electrons. The lowest BCUT2D eigenvalue weighted by Crippen LogP contribution is -2.36. The summed E-state index contributed by atoms with van der Waals surface area (Å²) in [7, 11) is 0. The number of hydrogen-bond acceptors (Lipinski definition) is 0. The van der Waals surface area contributed by atoms with Crippen LogP contribution in [0.3, 0.4) is 0 Å². The Labute approximate surface area is 94.8 Å². The van der Waals surface area contributed by atoms with Gasteiger partial charge in [-0.1, -0.05) is 13.8 Å². The Morgan fingerprint density at radius 1 is 1.13 bits per heavy atom. The Balaban J connectivity index is 1.99. The minimum atomic E-state index is 0.701. The van der Waals surface area contributed by atoms with Crippen molar-refractivity contribution in [3.8, 4) is 0 Å². The van der Waals surface area contributed by atoms with Crippen molar-refractivity contribution in [2.45, 2.75) is 59.8 Å². The zero-order chi connectivity index (χ0) is 10.8. The molecular formula is C15H25+. The van der Waals surface area contributed by atoms with Crippen LogP contribution in [-0.2, 0) is 0 Å². The third kappa shape index (κ3) is 1.06. The van der Waals surface area contributed by atoms with Crippen LogP contribution in [0.25, 0.3) is 0 Å². The summed E-state index contributed by atoms with van der Waals surface area (Å²) in [6, 6.07) is 0. The average Bonchev–Trinajstić information content (AvgIpc) is 2.44. The van der Waals surface area contributed by atoms with Gasteiger partial charge in [0.1, 0.15) is 5.92 Å². The first-order valence-electron chi connectivity index (χ1n) is 6.83. The van der Waals surface area contributed by atoms with E-state index in [1.54, 1.807) is 0 Å². The van der Waals surface area contributed by atoms with Crippen LogP contribution >= 0.6 is 0 Å². The average molecular weight is 205 g/mol. The molecule has 0 heterocycles. The minimum absolute atomic E-state index is 0.701. The fourth-order valence-corrected chi connectivity index (χ4v) is 5.32. The molecule has 3 aliphatic carbocycles. The SMILES string of the molecule is CC(C)[C+]1C[C@H]2[C@@]3(C)CC[C@@H]1[C@]2(C)CC3. The molecule has 15 heavy (non-hydrogen) atoms. The molecule has 0 spiro atoms. The molecule has 3 saturated carbocycles. The van der Waals surface area contributed by atoms with Crippen LogP contribution < -0.4 is 0 Å². The van der Waals surface area contributed by atoms with Crippen molar-refractivity contribution in [1.29, 1.82) is 0 Å². The lowest BCUT2D eigenvalue weighted by atomic mass is 9.61. The van der Waals surface area contributed by atoms with Crippen molar-refractivity contribution in [3.63, 3.8) is 0 Å². The summed E-state index contributed by atoms with van der Waals surface area (Å²) >= 11 is 0. The summed E-state index contributed by atoms with van der Waals surface area (Å²) in [5.41, 5.74) is 1.41. The van der Waals surface area contributed by atoms with Gasteiger partial charge in [-0.3, -0.25) is 0 Å².